The molecule has 1 fully saturated rings. The van der Waals surface area contributed by atoms with Gasteiger partial charge in [0.15, 0.2) is 0 Å². The molecule has 0 unspecified atom stereocenters. The van der Waals surface area contributed by atoms with Crippen LogP contribution in [0.15, 0.2) is 71.6 Å². The van der Waals surface area contributed by atoms with E-state index in [-0.39, 0.29) is 34.6 Å². The number of benzene rings is 3. The van der Waals surface area contributed by atoms with Gasteiger partial charge in [-0.05, 0) is 48.5 Å². The molecular weight excluding hydrogens is 621 g/mol. The number of nitrogens with one attached hydrogen (secondary N) is 1. The molecule has 230 valence electrons. The lowest BCUT2D eigenvalue weighted by atomic mass is 10.1. The fourth-order valence-electron chi connectivity index (χ4n) is 4.49. The van der Waals surface area contributed by atoms with E-state index in [1.54, 1.807) is 31.4 Å². The number of hydrogen-bond acceptors (Lipinski definition) is 7. The molecule has 4 rings (SSSR count). The van der Waals surface area contributed by atoms with Gasteiger partial charge < -0.3 is 24.2 Å². The molecule has 0 bridgehead atoms. The molecule has 2 N–H and O–H groups in total. The normalized spacial score (nSPS) is 15.4. The molecule has 2 amide bonds. The summed E-state index contributed by atoms with van der Waals surface area (Å²) in [7, 11) is -2.42. The summed E-state index contributed by atoms with van der Waals surface area (Å²) in [6.07, 6.45) is -0.630. The Bertz CT molecular complexity index is 1540. The van der Waals surface area contributed by atoms with Gasteiger partial charge in [-0.2, -0.15) is 0 Å². The fraction of sp³-hybridized carbons (Fsp3) is 0.310. The molecule has 3 aromatic carbocycles. The Hall–Kier alpha value is -3.55. The summed E-state index contributed by atoms with van der Waals surface area (Å²) >= 11 is 11.9. The molecule has 0 saturated carbocycles. The number of halogens is 2. The first-order chi connectivity index (χ1) is 20.6. The minimum absolute atomic E-state index is 0.0683. The molecule has 1 saturated heterocycles. The standard InChI is InChI=1S/C29H31Cl2N3O8S/c1-40-27-6-3-2-5-20(27)19-41-13-4-14-42-23-9-7-21(8-10-23)34-22(17-33(29(36)37)18-28(34)35)16-32-43(38,39)24-11-12-25(30)26(31)15-24/h2-3,5-12,15,22,32H,4,13-14,16-19H2,1H3,(H,36,37)/t22-/m0/s1. The largest absolute Gasteiger partial charge is 0.496 e. The molecule has 14 heteroatoms. The molecule has 11 nitrogen and oxygen atoms in total. The predicted octanol–water partition coefficient (Wildman–Crippen LogP) is 4.66. The maximum atomic E-state index is 13.1. The number of amides is 2. The summed E-state index contributed by atoms with van der Waals surface area (Å²) in [5.74, 6) is 0.850. The van der Waals surface area contributed by atoms with Gasteiger partial charge in [0.2, 0.25) is 15.9 Å². The van der Waals surface area contributed by atoms with E-state index in [0.29, 0.717) is 37.7 Å². The van der Waals surface area contributed by atoms with Crippen molar-refractivity contribution in [3.63, 3.8) is 0 Å². The molecule has 43 heavy (non-hydrogen) atoms. The van der Waals surface area contributed by atoms with Crippen LogP contribution in [0.25, 0.3) is 0 Å². The van der Waals surface area contributed by atoms with Crippen molar-refractivity contribution in [3.8, 4) is 11.5 Å². The number of nitrogens with zero attached hydrogens (tertiary/aromatic N) is 2. The van der Waals surface area contributed by atoms with Crippen molar-refractivity contribution in [2.24, 2.45) is 0 Å². The van der Waals surface area contributed by atoms with Gasteiger partial charge in [0.25, 0.3) is 0 Å². The van der Waals surface area contributed by atoms with Crippen LogP contribution in [0.4, 0.5) is 10.5 Å². The van der Waals surface area contributed by atoms with Crippen molar-refractivity contribution in [2.75, 3.05) is 44.9 Å². The molecule has 1 heterocycles. The average Bonchev–Trinajstić information content (AvgIpc) is 2.99. The quantitative estimate of drug-likeness (QED) is 0.255. The number of anilines is 1. The van der Waals surface area contributed by atoms with Crippen LogP contribution >= 0.6 is 23.2 Å². The second-order valence-electron chi connectivity index (χ2n) is 9.57. The second kappa shape index (κ2) is 14.8. The minimum Gasteiger partial charge on any atom is -0.496 e. The van der Waals surface area contributed by atoms with Gasteiger partial charge >= 0.3 is 6.09 Å². The smallest absolute Gasteiger partial charge is 0.407 e. The number of hydrogen-bond donors (Lipinski definition) is 2. The van der Waals surface area contributed by atoms with Gasteiger partial charge in [-0.1, -0.05) is 41.4 Å². The Labute approximate surface area is 259 Å². The number of methoxy groups -OCH3 is 1. The number of rotatable bonds is 13. The van der Waals surface area contributed by atoms with Crippen LogP contribution in [0.3, 0.4) is 0 Å². The summed E-state index contributed by atoms with van der Waals surface area (Å²) in [5.41, 5.74) is 1.43. The highest BCUT2D eigenvalue weighted by atomic mass is 35.5. The van der Waals surface area contributed by atoms with E-state index in [4.69, 9.17) is 37.4 Å². The first-order valence-corrected chi connectivity index (χ1v) is 15.5. The third kappa shape index (κ3) is 8.52. The van der Waals surface area contributed by atoms with Crippen molar-refractivity contribution in [1.82, 2.24) is 9.62 Å². The monoisotopic (exact) mass is 651 g/mol. The summed E-state index contributed by atoms with van der Waals surface area (Å²) < 4.78 is 45.1. The molecule has 0 spiro atoms. The van der Waals surface area contributed by atoms with Crippen molar-refractivity contribution in [1.29, 1.82) is 0 Å². The Morgan fingerprint density at radius 1 is 1.05 bits per heavy atom. The molecule has 3 aromatic rings. The Morgan fingerprint density at radius 2 is 1.79 bits per heavy atom. The molecule has 1 atom stereocenters. The van der Waals surface area contributed by atoms with Crippen LogP contribution in [-0.4, -0.2) is 76.4 Å². The zero-order chi connectivity index (χ0) is 31.0. The molecule has 1 aliphatic heterocycles. The van der Waals surface area contributed by atoms with Gasteiger partial charge in [0, 0.05) is 30.8 Å². The number of sulfonamides is 1. The molecule has 0 radical (unpaired) electrons. The molecule has 1 aliphatic rings. The SMILES string of the molecule is COc1ccccc1COCCCOc1ccc(N2C(=O)CN(C(=O)O)C[C@@H]2CNS(=O)(=O)c2ccc(Cl)c(Cl)c2)cc1. The van der Waals surface area contributed by atoms with Crippen LogP contribution in [-0.2, 0) is 26.2 Å². The zero-order valence-electron chi connectivity index (χ0n) is 23.2. The number of ether oxygens (including phenoxy) is 3. The number of carbonyl (C=O) groups excluding carboxylic acids is 1. The van der Waals surface area contributed by atoms with Crippen LogP contribution in [0.1, 0.15) is 12.0 Å². The number of piperazine rings is 1. The molecular formula is C29H31Cl2N3O8S. The van der Waals surface area contributed by atoms with Crippen LogP contribution in [0.5, 0.6) is 11.5 Å². The average molecular weight is 653 g/mol. The first kappa shape index (κ1) is 32.4. The van der Waals surface area contributed by atoms with E-state index in [1.165, 1.54) is 23.1 Å². The summed E-state index contributed by atoms with van der Waals surface area (Å²) in [5, 5.41) is 9.77. The number of carbonyl (C=O) groups is 2. The lowest BCUT2D eigenvalue weighted by Crippen LogP contribution is -2.61. The van der Waals surface area contributed by atoms with Gasteiger partial charge in [-0.3, -0.25) is 9.69 Å². The highest BCUT2D eigenvalue weighted by Crippen LogP contribution is 2.27. The molecule has 0 aromatic heterocycles. The van der Waals surface area contributed by atoms with Crippen LogP contribution in [0.2, 0.25) is 10.0 Å². The Balaban J connectivity index is 1.35. The van der Waals surface area contributed by atoms with Gasteiger partial charge in [0.05, 0.1) is 47.9 Å². The fourth-order valence-corrected chi connectivity index (χ4v) is 5.95. The third-order valence-corrected chi connectivity index (χ3v) is 8.80. The predicted molar refractivity (Wildman–Crippen MR) is 162 cm³/mol. The van der Waals surface area contributed by atoms with E-state index in [1.807, 2.05) is 24.3 Å². The summed E-state index contributed by atoms with van der Waals surface area (Å²) in [6, 6.07) is 17.4. The number of carboxylic acid groups (broad SMARTS) is 1. The Kier molecular flexibility index (Phi) is 11.1. The van der Waals surface area contributed by atoms with Gasteiger partial charge in [0.1, 0.15) is 18.0 Å². The van der Waals surface area contributed by atoms with E-state index in [2.05, 4.69) is 4.72 Å². The lowest BCUT2D eigenvalue weighted by molar-refractivity contribution is -0.121. The highest BCUT2D eigenvalue weighted by Gasteiger charge is 2.36. The second-order valence-corrected chi connectivity index (χ2v) is 12.2. The first-order valence-electron chi connectivity index (χ1n) is 13.3. The van der Waals surface area contributed by atoms with Gasteiger partial charge in [-0.25, -0.2) is 17.9 Å². The summed E-state index contributed by atoms with van der Waals surface area (Å²) in [4.78, 5) is 26.9. The highest BCUT2D eigenvalue weighted by molar-refractivity contribution is 7.89. The van der Waals surface area contributed by atoms with Crippen molar-refractivity contribution in [2.45, 2.75) is 24.0 Å². The van der Waals surface area contributed by atoms with Crippen LogP contribution in [0, 0.1) is 0 Å². The van der Waals surface area contributed by atoms with Crippen molar-refractivity contribution >= 4 is 50.9 Å². The van der Waals surface area contributed by atoms with Crippen molar-refractivity contribution in [3.05, 3.63) is 82.3 Å². The minimum atomic E-state index is -4.04. The van der Waals surface area contributed by atoms with E-state index in [0.717, 1.165) is 16.2 Å². The molecule has 0 aliphatic carbocycles. The third-order valence-electron chi connectivity index (χ3n) is 6.64. The van der Waals surface area contributed by atoms with Crippen LogP contribution < -0.4 is 19.1 Å². The maximum absolute atomic E-state index is 13.1. The van der Waals surface area contributed by atoms with Crippen molar-refractivity contribution < 1.29 is 37.3 Å². The summed E-state index contributed by atoms with van der Waals surface area (Å²) in [6.45, 7) is 0.604. The zero-order valence-corrected chi connectivity index (χ0v) is 25.6. The van der Waals surface area contributed by atoms with E-state index >= 15 is 0 Å². The maximum Gasteiger partial charge on any atom is 0.407 e. The lowest BCUT2D eigenvalue weighted by Gasteiger charge is -2.40. The van der Waals surface area contributed by atoms with E-state index in [9.17, 15) is 23.1 Å². The number of para-hydroxylation sites is 1. The van der Waals surface area contributed by atoms with Gasteiger partial charge in [-0.15, -0.1) is 0 Å². The Morgan fingerprint density at radius 3 is 2.49 bits per heavy atom. The van der Waals surface area contributed by atoms with E-state index < -0.39 is 28.1 Å². The topological polar surface area (TPSA) is 135 Å².